The van der Waals surface area contributed by atoms with Crippen LogP contribution in [0.15, 0.2) is 35.2 Å². The van der Waals surface area contributed by atoms with E-state index in [0.29, 0.717) is 4.90 Å². The molecule has 0 spiro atoms. The minimum absolute atomic E-state index is 0.0207. The lowest BCUT2D eigenvalue weighted by Crippen LogP contribution is -1.98. The molecule has 0 radical (unpaired) electrons. The molecule has 0 atom stereocenters. The lowest BCUT2D eigenvalue weighted by molar-refractivity contribution is 0.147. The van der Waals surface area contributed by atoms with Gasteiger partial charge >= 0.3 is 0 Å². The largest absolute Gasteiger partial charge is 0.457 e. The second kappa shape index (κ2) is 6.95. The maximum atomic E-state index is 13.3. The standard InChI is InChI=1S/C15H9ClF3NOS/c1-22-13-3-2-12(14(15(18)19)11(13)7-20)21-10-5-8(16)4-9(17)6-10/h2-6,15H,1H3. The highest BCUT2D eigenvalue weighted by atomic mass is 35.5. The highest BCUT2D eigenvalue weighted by molar-refractivity contribution is 7.98. The van der Waals surface area contributed by atoms with Gasteiger partial charge in [0.1, 0.15) is 23.4 Å². The topological polar surface area (TPSA) is 33.0 Å². The number of nitriles is 1. The summed E-state index contributed by atoms with van der Waals surface area (Å²) in [5, 5.41) is 9.20. The van der Waals surface area contributed by atoms with Crippen LogP contribution in [0.3, 0.4) is 0 Å². The van der Waals surface area contributed by atoms with Crippen molar-refractivity contribution in [3.8, 4) is 17.6 Å². The molecule has 0 N–H and O–H groups in total. The lowest BCUT2D eigenvalue weighted by Gasteiger charge is -2.14. The van der Waals surface area contributed by atoms with Crippen LogP contribution < -0.4 is 4.74 Å². The van der Waals surface area contributed by atoms with Crippen molar-refractivity contribution in [2.75, 3.05) is 6.26 Å². The summed E-state index contributed by atoms with van der Waals surface area (Å²) < 4.78 is 45.2. The summed E-state index contributed by atoms with van der Waals surface area (Å²) in [5.74, 6) is -0.874. The molecule has 114 valence electrons. The van der Waals surface area contributed by atoms with Crippen LogP contribution in [0.2, 0.25) is 5.02 Å². The van der Waals surface area contributed by atoms with Crippen molar-refractivity contribution in [2.24, 2.45) is 0 Å². The molecule has 22 heavy (non-hydrogen) atoms. The van der Waals surface area contributed by atoms with E-state index in [9.17, 15) is 13.2 Å². The van der Waals surface area contributed by atoms with Gasteiger partial charge in [0.05, 0.1) is 11.1 Å². The maximum Gasteiger partial charge on any atom is 0.268 e. The molecular weight excluding hydrogens is 335 g/mol. The van der Waals surface area contributed by atoms with E-state index in [-0.39, 0.29) is 22.1 Å². The van der Waals surface area contributed by atoms with Gasteiger partial charge in [-0.05, 0) is 30.5 Å². The normalized spacial score (nSPS) is 10.6. The van der Waals surface area contributed by atoms with Crippen molar-refractivity contribution in [1.82, 2.24) is 0 Å². The van der Waals surface area contributed by atoms with E-state index in [0.717, 1.165) is 12.1 Å². The molecule has 0 aliphatic heterocycles. The molecule has 2 nitrogen and oxygen atoms in total. The third-order valence-corrected chi connectivity index (χ3v) is 3.78. The number of thioether (sulfide) groups is 1. The summed E-state index contributed by atoms with van der Waals surface area (Å²) in [7, 11) is 0. The number of rotatable bonds is 4. The Labute approximate surface area is 134 Å². The number of benzene rings is 2. The quantitative estimate of drug-likeness (QED) is 0.657. The Morgan fingerprint density at radius 3 is 2.55 bits per heavy atom. The van der Waals surface area contributed by atoms with E-state index >= 15 is 0 Å². The van der Waals surface area contributed by atoms with Gasteiger partial charge in [-0.25, -0.2) is 13.2 Å². The molecule has 0 heterocycles. The smallest absolute Gasteiger partial charge is 0.268 e. The van der Waals surface area contributed by atoms with Crippen molar-refractivity contribution < 1.29 is 17.9 Å². The summed E-state index contributed by atoms with van der Waals surface area (Å²) in [6.07, 6.45) is -1.22. The SMILES string of the molecule is CSc1ccc(Oc2cc(F)cc(Cl)c2)c(C(F)F)c1C#N. The fourth-order valence-corrected chi connectivity index (χ4v) is 2.66. The third kappa shape index (κ3) is 3.49. The fraction of sp³-hybridized carbons (Fsp3) is 0.133. The number of halogens is 4. The van der Waals surface area contributed by atoms with Gasteiger partial charge in [-0.1, -0.05) is 11.6 Å². The number of ether oxygens (including phenoxy) is 1. The van der Waals surface area contributed by atoms with Gasteiger partial charge in [0, 0.05) is 16.0 Å². The Hall–Kier alpha value is -1.84. The first kappa shape index (κ1) is 16.5. The Kier molecular flexibility index (Phi) is 5.22. The van der Waals surface area contributed by atoms with E-state index < -0.39 is 17.8 Å². The van der Waals surface area contributed by atoms with Crippen LogP contribution in [0.5, 0.6) is 11.5 Å². The van der Waals surface area contributed by atoms with Gasteiger partial charge in [0.2, 0.25) is 0 Å². The monoisotopic (exact) mass is 343 g/mol. The summed E-state index contributed by atoms with van der Waals surface area (Å²) in [6.45, 7) is 0. The molecule has 0 aromatic heterocycles. The van der Waals surface area contributed by atoms with Gasteiger partial charge in [0.25, 0.3) is 6.43 Å². The van der Waals surface area contributed by atoms with Crippen molar-refractivity contribution in [1.29, 1.82) is 5.26 Å². The predicted octanol–water partition coefficient (Wildman–Crippen LogP) is 5.80. The maximum absolute atomic E-state index is 13.3. The number of alkyl halides is 2. The Balaban J connectivity index is 2.53. The Bertz CT molecular complexity index is 726. The highest BCUT2D eigenvalue weighted by Gasteiger charge is 2.22. The Morgan fingerprint density at radius 1 is 1.27 bits per heavy atom. The van der Waals surface area contributed by atoms with Crippen molar-refractivity contribution in [3.63, 3.8) is 0 Å². The molecule has 2 aromatic rings. The molecule has 0 fully saturated rings. The van der Waals surface area contributed by atoms with Gasteiger partial charge < -0.3 is 4.74 Å². The molecule has 0 amide bonds. The van der Waals surface area contributed by atoms with Crippen LogP contribution in [0.4, 0.5) is 13.2 Å². The van der Waals surface area contributed by atoms with Crippen LogP contribution >= 0.6 is 23.4 Å². The van der Waals surface area contributed by atoms with E-state index in [1.165, 1.54) is 30.0 Å². The van der Waals surface area contributed by atoms with E-state index in [2.05, 4.69) is 0 Å². The van der Waals surface area contributed by atoms with Gasteiger partial charge in [-0.3, -0.25) is 0 Å². The molecule has 0 aliphatic carbocycles. The minimum Gasteiger partial charge on any atom is -0.457 e. The molecular formula is C15H9ClF3NOS. The van der Waals surface area contributed by atoms with Gasteiger partial charge in [-0.2, -0.15) is 5.26 Å². The molecule has 0 unspecified atom stereocenters. The molecule has 0 bridgehead atoms. The molecule has 7 heteroatoms. The van der Waals surface area contributed by atoms with Crippen LogP contribution in [0, 0.1) is 17.1 Å². The first-order chi connectivity index (χ1) is 10.5. The summed E-state index contributed by atoms with van der Waals surface area (Å²) in [5.41, 5.74) is -0.669. The molecule has 2 aromatic carbocycles. The third-order valence-electron chi connectivity index (χ3n) is 2.78. The van der Waals surface area contributed by atoms with Crippen molar-refractivity contribution >= 4 is 23.4 Å². The van der Waals surface area contributed by atoms with E-state index in [1.807, 2.05) is 0 Å². The average Bonchev–Trinajstić information content (AvgIpc) is 2.45. The lowest BCUT2D eigenvalue weighted by atomic mass is 10.1. The zero-order chi connectivity index (χ0) is 16.3. The van der Waals surface area contributed by atoms with Gasteiger partial charge in [0.15, 0.2) is 0 Å². The van der Waals surface area contributed by atoms with E-state index in [4.69, 9.17) is 21.6 Å². The van der Waals surface area contributed by atoms with Crippen LogP contribution in [-0.2, 0) is 0 Å². The molecule has 0 aliphatic rings. The van der Waals surface area contributed by atoms with Crippen LogP contribution in [0.25, 0.3) is 0 Å². The van der Waals surface area contributed by atoms with Crippen molar-refractivity contribution in [3.05, 3.63) is 52.3 Å². The number of hydrogen-bond acceptors (Lipinski definition) is 3. The second-order valence-corrected chi connectivity index (χ2v) is 5.46. The summed E-state index contributed by atoms with van der Waals surface area (Å²) >= 11 is 6.88. The minimum atomic E-state index is -2.90. The molecule has 2 rings (SSSR count). The van der Waals surface area contributed by atoms with Crippen LogP contribution in [-0.4, -0.2) is 6.26 Å². The molecule has 0 saturated carbocycles. The summed E-state index contributed by atoms with van der Waals surface area (Å²) in [6, 6.07) is 7.99. The highest BCUT2D eigenvalue weighted by Crippen LogP contribution is 2.39. The summed E-state index contributed by atoms with van der Waals surface area (Å²) in [4.78, 5) is 0.419. The zero-order valence-electron chi connectivity index (χ0n) is 11.2. The molecule has 0 saturated heterocycles. The number of nitrogens with zero attached hydrogens (tertiary/aromatic N) is 1. The van der Waals surface area contributed by atoms with Crippen molar-refractivity contribution in [2.45, 2.75) is 11.3 Å². The van der Waals surface area contributed by atoms with Gasteiger partial charge in [-0.15, -0.1) is 11.8 Å². The first-order valence-electron chi connectivity index (χ1n) is 5.99. The average molecular weight is 344 g/mol. The second-order valence-electron chi connectivity index (χ2n) is 4.17. The van der Waals surface area contributed by atoms with E-state index in [1.54, 1.807) is 12.3 Å². The zero-order valence-corrected chi connectivity index (χ0v) is 12.8. The first-order valence-corrected chi connectivity index (χ1v) is 7.59. The van der Waals surface area contributed by atoms with Crippen LogP contribution in [0.1, 0.15) is 17.6 Å². The Morgan fingerprint density at radius 2 is 2.00 bits per heavy atom. The predicted molar refractivity (Wildman–Crippen MR) is 79.4 cm³/mol. The fourth-order valence-electron chi connectivity index (χ4n) is 1.89. The number of hydrogen-bond donors (Lipinski definition) is 0.